The first-order valence-electron chi connectivity index (χ1n) is 5.06. The molecule has 1 aromatic heterocycles. The first kappa shape index (κ1) is 12.7. The number of hydrogen-bond donors (Lipinski definition) is 2. The van der Waals surface area contributed by atoms with Crippen LogP contribution < -0.4 is 0 Å². The van der Waals surface area contributed by atoms with E-state index in [9.17, 15) is 15.0 Å². The number of benzene rings is 1. The predicted molar refractivity (Wildman–Crippen MR) is 72.9 cm³/mol. The Labute approximate surface area is 113 Å². The van der Waals surface area contributed by atoms with E-state index in [0.717, 1.165) is 0 Å². The molecule has 0 aliphatic heterocycles. The molecule has 2 rings (SSSR count). The quantitative estimate of drug-likeness (QED) is 0.842. The zero-order chi connectivity index (χ0) is 13.1. The molecule has 0 saturated carbocycles. The third-order valence-corrected chi connectivity index (χ3v) is 3.51. The van der Waals surface area contributed by atoms with Gasteiger partial charge in [0.1, 0.15) is 5.75 Å². The smallest absolute Gasteiger partial charge is 0.337 e. The first-order valence-corrected chi connectivity index (χ1v) is 6.25. The molecule has 0 saturated heterocycles. The normalized spacial score (nSPS) is 11.5. The molecule has 2 aromatic rings. The number of carboxylic acids is 1. The Morgan fingerprint density at radius 1 is 1.28 bits per heavy atom. The lowest BCUT2D eigenvalue weighted by Crippen LogP contribution is -1.97. The van der Waals surface area contributed by atoms with Crippen LogP contribution in [0.3, 0.4) is 0 Å². The lowest BCUT2D eigenvalue weighted by Gasteiger charge is -2.00. The summed E-state index contributed by atoms with van der Waals surface area (Å²) in [6.45, 7) is 0. The van der Waals surface area contributed by atoms with Crippen LogP contribution in [0.5, 0.6) is 5.75 Å². The fourth-order valence-corrected chi connectivity index (χ4v) is 2.53. The van der Waals surface area contributed by atoms with Gasteiger partial charge in [-0.05, 0) is 35.9 Å². The largest absolute Gasteiger partial charge is 0.508 e. The Bertz CT molecular complexity index is 616. The molecule has 0 fully saturated rings. The van der Waals surface area contributed by atoms with Crippen molar-refractivity contribution in [2.45, 2.75) is 0 Å². The lowest BCUT2D eigenvalue weighted by molar-refractivity contribution is -0.130. The molecule has 92 valence electrons. The number of thiophene rings is 1. The van der Waals surface area contributed by atoms with Gasteiger partial charge in [-0.15, -0.1) is 11.3 Å². The maximum Gasteiger partial charge on any atom is 0.337 e. The van der Waals surface area contributed by atoms with Gasteiger partial charge < -0.3 is 10.2 Å². The van der Waals surface area contributed by atoms with Crippen molar-refractivity contribution in [3.05, 3.63) is 51.2 Å². The van der Waals surface area contributed by atoms with Crippen LogP contribution in [0.4, 0.5) is 0 Å². The van der Waals surface area contributed by atoms with Crippen LogP contribution in [0.2, 0.25) is 4.34 Å². The van der Waals surface area contributed by atoms with Crippen LogP contribution in [0, 0.1) is 0 Å². The molecule has 0 bridgehead atoms. The standard InChI is InChI=1S/C13H9ClO3S/c14-12-5-4-11(18-12)10(13(16)17)7-8-2-1-3-9(15)6-8/h1-7,15H,(H,16,17)/b10-7-. The van der Waals surface area contributed by atoms with Gasteiger partial charge in [0.05, 0.1) is 9.91 Å². The highest BCUT2D eigenvalue weighted by molar-refractivity contribution is 7.17. The van der Waals surface area contributed by atoms with E-state index in [1.54, 1.807) is 24.3 Å². The summed E-state index contributed by atoms with van der Waals surface area (Å²) in [5.41, 5.74) is 0.773. The fraction of sp³-hybridized carbons (Fsp3) is 0. The summed E-state index contributed by atoms with van der Waals surface area (Å²) >= 11 is 7.00. The molecule has 0 aliphatic carbocycles. The number of carboxylic acid groups (broad SMARTS) is 1. The average molecular weight is 281 g/mol. The van der Waals surface area contributed by atoms with Gasteiger partial charge in [-0.3, -0.25) is 0 Å². The van der Waals surface area contributed by atoms with Crippen molar-refractivity contribution in [1.82, 2.24) is 0 Å². The maximum atomic E-state index is 11.2. The SMILES string of the molecule is O=C(O)/C(=C\c1cccc(O)c1)c1ccc(Cl)s1. The van der Waals surface area contributed by atoms with E-state index in [0.29, 0.717) is 14.8 Å². The van der Waals surface area contributed by atoms with E-state index in [4.69, 9.17) is 11.6 Å². The zero-order valence-corrected chi connectivity index (χ0v) is 10.7. The summed E-state index contributed by atoms with van der Waals surface area (Å²) in [6, 6.07) is 9.72. The van der Waals surface area contributed by atoms with Crippen LogP contribution in [-0.4, -0.2) is 16.2 Å². The first-order chi connectivity index (χ1) is 8.56. The summed E-state index contributed by atoms with van der Waals surface area (Å²) in [4.78, 5) is 11.8. The molecular formula is C13H9ClO3S. The van der Waals surface area contributed by atoms with E-state index in [2.05, 4.69) is 0 Å². The van der Waals surface area contributed by atoms with Crippen LogP contribution in [0.15, 0.2) is 36.4 Å². The number of hydrogen-bond acceptors (Lipinski definition) is 3. The Balaban J connectivity index is 2.45. The van der Waals surface area contributed by atoms with E-state index in [1.165, 1.54) is 29.5 Å². The molecule has 5 heteroatoms. The van der Waals surface area contributed by atoms with Crippen molar-refractivity contribution in [1.29, 1.82) is 0 Å². The van der Waals surface area contributed by atoms with Crippen LogP contribution in [-0.2, 0) is 4.79 Å². The molecule has 2 N–H and O–H groups in total. The molecule has 3 nitrogen and oxygen atoms in total. The molecule has 1 heterocycles. The van der Waals surface area contributed by atoms with Gasteiger partial charge in [-0.25, -0.2) is 4.79 Å². The highest BCUT2D eigenvalue weighted by Crippen LogP contribution is 2.29. The molecule has 0 unspecified atom stereocenters. The molecule has 0 aliphatic rings. The Kier molecular flexibility index (Phi) is 3.69. The van der Waals surface area contributed by atoms with Crippen molar-refractivity contribution in [3.63, 3.8) is 0 Å². The minimum Gasteiger partial charge on any atom is -0.508 e. The second-order valence-electron chi connectivity index (χ2n) is 3.56. The maximum absolute atomic E-state index is 11.2. The number of carbonyl (C=O) groups is 1. The molecule has 18 heavy (non-hydrogen) atoms. The van der Waals surface area contributed by atoms with Crippen LogP contribution in [0.1, 0.15) is 10.4 Å². The van der Waals surface area contributed by atoms with Gasteiger partial charge in [0, 0.05) is 4.88 Å². The highest BCUT2D eigenvalue weighted by Gasteiger charge is 2.12. The number of phenols is 1. The molecule has 0 radical (unpaired) electrons. The van der Waals surface area contributed by atoms with Crippen molar-refractivity contribution >= 4 is 40.6 Å². The number of rotatable bonds is 3. The van der Waals surface area contributed by atoms with Gasteiger partial charge >= 0.3 is 5.97 Å². The average Bonchev–Trinajstić information content (AvgIpc) is 2.72. The number of halogens is 1. The number of aromatic hydroxyl groups is 1. The second kappa shape index (κ2) is 5.25. The van der Waals surface area contributed by atoms with Gasteiger partial charge in [0.25, 0.3) is 0 Å². The monoisotopic (exact) mass is 280 g/mol. The highest BCUT2D eigenvalue weighted by atomic mass is 35.5. The predicted octanol–water partition coefficient (Wildman–Crippen LogP) is 3.73. The number of aliphatic carboxylic acids is 1. The summed E-state index contributed by atoms with van der Waals surface area (Å²) in [6.07, 6.45) is 1.50. The van der Waals surface area contributed by atoms with Gasteiger partial charge in [0.15, 0.2) is 0 Å². The van der Waals surface area contributed by atoms with Gasteiger partial charge in [0.2, 0.25) is 0 Å². The van der Waals surface area contributed by atoms with Gasteiger partial charge in [-0.1, -0.05) is 23.7 Å². The van der Waals surface area contributed by atoms with Gasteiger partial charge in [-0.2, -0.15) is 0 Å². The van der Waals surface area contributed by atoms with Crippen LogP contribution >= 0.6 is 22.9 Å². The van der Waals surface area contributed by atoms with E-state index < -0.39 is 5.97 Å². The van der Waals surface area contributed by atoms with Crippen molar-refractivity contribution in [2.75, 3.05) is 0 Å². The summed E-state index contributed by atoms with van der Waals surface area (Å²) in [5.74, 6) is -0.936. The number of phenolic OH excluding ortho intramolecular Hbond substituents is 1. The van der Waals surface area contributed by atoms with E-state index in [-0.39, 0.29) is 11.3 Å². The van der Waals surface area contributed by atoms with Crippen molar-refractivity contribution in [2.24, 2.45) is 0 Å². The van der Waals surface area contributed by atoms with Crippen molar-refractivity contribution < 1.29 is 15.0 Å². The summed E-state index contributed by atoms with van der Waals surface area (Å²) in [7, 11) is 0. The Morgan fingerprint density at radius 3 is 2.61 bits per heavy atom. The molecule has 0 spiro atoms. The van der Waals surface area contributed by atoms with Crippen molar-refractivity contribution in [3.8, 4) is 5.75 Å². The fourth-order valence-electron chi connectivity index (χ4n) is 1.48. The Hall–Kier alpha value is -1.78. The van der Waals surface area contributed by atoms with E-state index in [1.807, 2.05) is 0 Å². The molecule has 0 amide bonds. The summed E-state index contributed by atoms with van der Waals surface area (Å²) in [5, 5.41) is 18.5. The molecule has 0 atom stereocenters. The third kappa shape index (κ3) is 2.91. The minimum absolute atomic E-state index is 0.0951. The zero-order valence-electron chi connectivity index (χ0n) is 9.13. The lowest BCUT2D eigenvalue weighted by atomic mass is 10.1. The summed E-state index contributed by atoms with van der Waals surface area (Å²) < 4.78 is 0.535. The third-order valence-electron chi connectivity index (χ3n) is 2.25. The minimum atomic E-state index is -1.03. The molecular weight excluding hydrogens is 272 g/mol. The Morgan fingerprint density at radius 2 is 2.06 bits per heavy atom. The van der Waals surface area contributed by atoms with Crippen LogP contribution in [0.25, 0.3) is 11.6 Å². The molecule has 1 aromatic carbocycles. The van der Waals surface area contributed by atoms with E-state index >= 15 is 0 Å². The topological polar surface area (TPSA) is 57.5 Å². The second-order valence-corrected chi connectivity index (χ2v) is 5.28.